The molecule has 1 aromatic rings. The molecule has 0 saturated carbocycles. The Morgan fingerprint density at radius 3 is 2.71 bits per heavy atom. The summed E-state index contributed by atoms with van der Waals surface area (Å²) in [5.74, 6) is -1.09. The summed E-state index contributed by atoms with van der Waals surface area (Å²) >= 11 is 3.42. The van der Waals surface area contributed by atoms with E-state index in [1.165, 1.54) is 9.80 Å². The van der Waals surface area contributed by atoms with Crippen LogP contribution in [0.4, 0.5) is 4.79 Å². The maximum Gasteiger partial charge on any atom is 0.326 e. The van der Waals surface area contributed by atoms with Gasteiger partial charge >= 0.3 is 12.0 Å². The van der Waals surface area contributed by atoms with Crippen LogP contribution in [0.5, 0.6) is 0 Å². The largest absolute Gasteiger partial charge is 0.480 e. The van der Waals surface area contributed by atoms with Gasteiger partial charge in [-0.25, -0.2) is 9.59 Å². The van der Waals surface area contributed by atoms with Crippen LogP contribution in [0.15, 0.2) is 28.7 Å². The first kappa shape index (κ1) is 15.8. The van der Waals surface area contributed by atoms with Crippen molar-refractivity contribution in [2.24, 2.45) is 0 Å². The fourth-order valence-electron chi connectivity index (χ4n) is 2.43. The van der Waals surface area contributed by atoms with Gasteiger partial charge in [0.25, 0.3) is 0 Å². The number of carboxylic acid groups (broad SMARTS) is 1. The number of β-amino-alcohol motifs (C(OH)–C–C–N with tert-alkyl or cyclic N) is 1. The lowest BCUT2D eigenvalue weighted by molar-refractivity contribution is -0.141. The highest BCUT2D eigenvalue weighted by Crippen LogP contribution is 2.22. The normalized spacial score (nSPS) is 21.4. The van der Waals surface area contributed by atoms with E-state index in [1.54, 1.807) is 7.05 Å². The second kappa shape index (κ2) is 6.44. The van der Waals surface area contributed by atoms with Gasteiger partial charge in [0, 0.05) is 31.0 Å². The maximum absolute atomic E-state index is 12.4. The molecule has 6 nitrogen and oxygen atoms in total. The minimum Gasteiger partial charge on any atom is -0.480 e. The molecule has 1 aromatic carbocycles. The third-order valence-corrected chi connectivity index (χ3v) is 4.28. The van der Waals surface area contributed by atoms with E-state index in [4.69, 9.17) is 5.11 Å². The number of carbonyl (C=O) groups excluding carboxylic acids is 1. The Hall–Kier alpha value is -1.60. The molecule has 1 saturated heterocycles. The van der Waals surface area contributed by atoms with Gasteiger partial charge in [-0.3, -0.25) is 0 Å². The highest BCUT2D eigenvalue weighted by atomic mass is 79.9. The molecule has 1 fully saturated rings. The van der Waals surface area contributed by atoms with Crippen LogP contribution in [0, 0.1) is 0 Å². The van der Waals surface area contributed by atoms with Crippen LogP contribution in [-0.4, -0.2) is 57.8 Å². The van der Waals surface area contributed by atoms with Crippen LogP contribution in [0.25, 0.3) is 0 Å². The molecule has 2 amide bonds. The van der Waals surface area contributed by atoms with Crippen molar-refractivity contribution >= 4 is 27.9 Å². The summed E-state index contributed by atoms with van der Waals surface area (Å²) in [6.07, 6.45) is -0.712. The molecule has 21 heavy (non-hydrogen) atoms. The SMILES string of the molecule is CN(Cc1ccccc1Br)C(=O)N1CC(O)CC1C(=O)O. The molecule has 1 heterocycles. The number of carboxylic acids is 1. The molecule has 1 aliphatic heterocycles. The van der Waals surface area contributed by atoms with Crippen molar-refractivity contribution in [3.8, 4) is 0 Å². The highest BCUT2D eigenvalue weighted by Gasteiger charge is 2.40. The minimum atomic E-state index is -1.09. The molecule has 2 unspecified atom stereocenters. The number of carbonyl (C=O) groups is 2. The number of halogens is 1. The Labute approximate surface area is 131 Å². The second-order valence-electron chi connectivity index (χ2n) is 5.13. The molecular formula is C14H17BrN2O4. The van der Waals surface area contributed by atoms with Gasteiger partial charge in [0.2, 0.25) is 0 Å². The summed E-state index contributed by atoms with van der Waals surface area (Å²) in [4.78, 5) is 26.2. The number of aliphatic hydroxyl groups excluding tert-OH is 1. The summed E-state index contributed by atoms with van der Waals surface area (Å²) in [5.41, 5.74) is 0.931. The number of aliphatic carboxylic acids is 1. The summed E-state index contributed by atoms with van der Waals surface area (Å²) in [5, 5.41) is 18.7. The molecule has 0 aromatic heterocycles. The molecular weight excluding hydrogens is 340 g/mol. The number of urea groups is 1. The Kier molecular flexibility index (Phi) is 4.84. The lowest BCUT2D eigenvalue weighted by Crippen LogP contribution is -2.46. The topological polar surface area (TPSA) is 81.1 Å². The zero-order chi connectivity index (χ0) is 15.6. The van der Waals surface area contributed by atoms with Crippen LogP contribution in [-0.2, 0) is 11.3 Å². The van der Waals surface area contributed by atoms with Crippen molar-refractivity contribution in [3.63, 3.8) is 0 Å². The van der Waals surface area contributed by atoms with Gasteiger partial charge in [0.05, 0.1) is 6.10 Å². The van der Waals surface area contributed by atoms with Crippen molar-refractivity contribution in [1.82, 2.24) is 9.80 Å². The molecule has 2 rings (SSSR count). The van der Waals surface area contributed by atoms with Crippen molar-refractivity contribution in [3.05, 3.63) is 34.3 Å². The van der Waals surface area contributed by atoms with Gasteiger partial charge in [0.15, 0.2) is 0 Å². The van der Waals surface area contributed by atoms with Gasteiger partial charge in [0.1, 0.15) is 6.04 Å². The average Bonchev–Trinajstić information content (AvgIpc) is 2.82. The number of benzene rings is 1. The van der Waals surface area contributed by atoms with Crippen LogP contribution >= 0.6 is 15.9 Å². The van der Waals surface area contributed by atoms with Crippen LogP contribution in [0.3, 0.4) is 0 Å². The van der Waals surface area contributed by atoms with Crippen molar-refractivity contribution < 1.29 is 19.8 Å². The van der Waals surface area contributed by atoms with Gasteiger partial charge in [-0.2, -0.15) is 0 Å². The molecule has 0 bridgehead atoms. The Morgan fingerprint density at radius 1 is 1.43 bits per heavy atom. The molecule has 0 spiro atoms. The Balaban J connectivity index is 2.08. The average molecular weight is 357 g/mol. The third kappa shape index (κ3) is 3.54. The minimum absolute atomic E-state index is 0.0517. The van der Waals surface area contributed by atoms with E-state index < -0.39 is 24.1 Å². The second-order valence-corrected chi connectivity index (χ2v) is 5.98. The summed E-state index contributed by atoms with van der Waals surface area (Å²) in [6.45, 7) is 0.412. The zero-order valence-corrected chi connectivity index (χ0v) is 13.2. The van der Waals surface area contributed by atoms with Crippen molar-refractivity contribution in [1.29, 1.82) is 0 Å². The van der Waals surface area contributed by atoms with Gasteiger partial charge in [-0.15, -0.1) is 0 Å². The molecule has 2 atom stereocenters. The van der Waals surface area contributed by atoms with E-state index >= 15 is 0 Å². The van der Waals surface area contributed by atoms with E-state index in [0.29, 0.717) is 6.54 Å². The molecule has 7 heteroatoms. The van der Waals surface area contributed by atoms with Crippen molar-refractivity contribution in [2.75, 3.05) is 13.6 Å². The Morgan fingerprint density at radius 2 is 2.10 bits per heavy atom. The van der Waals surface area contributed by atoms with Crippen LogP contribution < -0.4 is 0 Å². The first-order chi connectivity index (χ1) is 9.90. The van der Waals surface area contributed by atoms with Gasteiger partial charge < -0.3 is 20.0 Å². The standard InChI is InChI=1S/C14H17BrN2O4/c1-16(7-9-4-2-3-5-11(9)15)14(21)17-8-10(18)6-12(17)13(19)20/h2-5,10,12,18H,6-8H2,1H3,(H,19,20). The summed E-state index contributed by atoms with van der Waals surface area (Å²) in [6, 6.07) is 6.17. The molecule has 2 N–H and O–H groups in total. The van der Waals surface area contributed by atoms with E-state index in [1.807, 2.05) is 24.3 Å². The number of hydrogen-bond acceptors (Lipinski definition) is 3. The first-order valence-corrected chi connectivity index (χ1v) is 7.35. The molecule has 0 aliphatic carbocycles. The van der Waals surface area contributed by atoms with E-state index in [9.17, 15) is 14.7 Å². The molecule has 114 valence electrons. The van der Waals surface area contributed by atoms with E-state index in [0.717, 1.165) is 10.0 Å². The maximum atomic E-state index is 12.4. The lowest BCUT2D eigenvalue weighted by Gasteiger charge is -2.27. The molecule has 0 radical (unpaired) electrons. The fourth-order valence-corrected chi connectivity index (χ4v) is 2.84. The number of nitrogens with zero attached hydrogens (tertiary/aromatic N) is 2. The van der Waals surface area contributed by atoms with E-state index in [-0.39, 0.29) is 13.0 Å². The lowest BCUT2D eigenvalue weighted by atomic mass is 10.2. The zero-order valence-electron chi connectivity index (χ0n) is 11.6. The quantitative estimate of drug-likeness (QED) is 0.860. The number of likely N-dealkylation sites (tertiary alicyclic amines) is 1. The van der Waals surface area contributed by atoms with Crippen LogP contribution in [0.2, 0.25) is 0 Å². The third-order valence-electron chi connectivity index (χ3n) is 3.50. The van der Waals surface area contributed by atoms with Crippen LogP contribution in [0.1, 0.15) is 12.0 Å². The summed E-state index contributed by atoms with van der Waals surface area (Å²) in [7, 11) is 1.62. The number of aliphatic hydroxyl groups is 1. The first-order valence-electron chi connectivity index (χ1n) is 6.56. The Bertz CT molecular complexity index is 552. The van der Waals surface area contributed by atoms with Crippen molar-refractivity contribution in [2.45, 2.75) is 25.1 Å². The number of amides is 2. The van der Waals surface area contributed by atoms with Gasteiger partial charge in [-0.1, -0.05) is 34.1 Å². The summed E-state index contributed by atoms with van der Waals surface area (Å²) < 4.78 is 0.890. The van der Waals surface area contributed by atoms with E-state index in [2.05, 4.69) is 15.9 Å². The number of rotatable bonds is 3. The number of hydrogen-bond donors (Lipinski definition) is 2. The monoisotopic (exact) mass is 356 g/mol. The smallest absolute Gasteiger partial charge is 0.326 e. The highest BCUT2D eigenvalue weighted by molar-refractivity contribution is 9.10. The van der Waals surface area contributed by atoms with Gasteiger partial charge in [-0.05, 0) is 11.6 Å². The fraction of sp³-hybridized carbons (Fsp3) is 0.429. The predicted octanol–water partition coefficient (Wildman–Crippen LogP) is 1.52. The predicted molar refractivity (Wildman–Crippen MR) is 79.8 cm³/mol. The molecule has 1 aliphatic rings.